The van der Waals surface area contributed by atoms with Crippen LogP contribution in [0.25, 0.3) is 5.65 Å². The van der Waals surface area contributed by atoms with Crippen molar-refractivity contribution in [1.29, 1.82) is 0 Å². The standard InChI is InChI=1S/C15H23N5O/c1-12(2)16-9-5-7-15(21)17-10-8-14-19-18-13-6-3-4-11-20(13)14/h3-4,6,11-12,16H,5,7-10H2,1-2H3,(H,17,21). The molecule has 0 fully saturated rings. The van der Waals surface area contributed by atoms with Crippen LogP contribution in [0.3, 0.4) is 0 Å². The molecule has 2 heterocycles. The first-order valence-corrected chi connectivity index (χ1v) is 7.45. The molecule has 0 aliphatic carbocycles. The molecule has 0 saturated carbocycles. The number of pyridine rings is 1. The van der Waals surface area contributed by atoms with E-state index in [9.17, 15) is 4.79 Å². The molecule has 0 spiro atoms. The van der Waals surface area contributed by atoms with Crippen LogP contribution in [0.4, 0.5) is 0 Å². The molecule has 0 unspecified atom stereocenters. The first kappa shape index (κ1) is 15.4. The van der Waals surface area contributed by atoms with Gasteiger partial charge in [0, 0.05) is 31.6 Å². The van der Waals surface area contributed by atoms with Crippen LogP contribution < -0.4 is 10.6 Å². The molecule has 0 bridgehead atoms. The van der Waals surface area contributed by atoms with Crippen molar-refractivity contribution < 1.29 is 4.79 Å². The third kappa shape index (κ3) is 4.82. The molecular formula is C15H23N5O. The van der Waals surface area contributed by atoms with Gasteiger partial charge in [0.2, 0.25) is 5.91 Å². The van der Waals surface area contributed by atoms with Crippen LogP contribution in [0.1, 0.15) is 32.5 Å². The Bertz CT molecular complexity index is 578. The van der Waals surface area contributed by atoms with Crippen LogP contribution in [0.5, 0.6) is 0 Å². The van der Waals surface area contributed by atoms with Crippen molar-refractivity contribution in [2.45, 2.75) is 39.2 Å². The summed E-state index contributed by atoms with van der Waals surface area (Å²) in [4.78, 5) is 11.7. The second kappa shape index (κ2) is 7.73. The molecule has 6 nitrogen and oxygen atoms in total. The van der Waals surface area contributed by atoms with Crippen LogP contribution in [-0.2, 0) is 11.2 Å². The first-order valence-electron chi connectivity index (χ1n) is 7.45. The fraction of sp³-hybridized carbons (Fsp3) is 0.533. The molecule has 21 heavy (non-hydrogen) atoms. The van der Waals surface area contributed by atoms with Gasteiger partial charge in [-0.1, -0.05) is 19.9 Å². The van der Waals surface area contributed by atoms with E-state index < -0.39 is 0 Å². The highest BCUT2D eigenvalue weighted by Gasteiger charge is 2.05. The molecule has 0 atom stereocenters. The Labute approximate surface area is 125 Å². The van der Waals surface area contributed by atoms with Gasteiger partial charge >= 0.3 is 0 Å². The molecular weight excluding hydrogens is 266 g/mol. The monoisotopic (exact) mass is 289 g/mol. The number of hydrogen-bond donors (Lipinski definition) is 2. The largest absolute Gasteiger partial charge is 0.356 e. The Morgan fingerprint density at radius 2 is 2.14 bits per heavy atom. The molecule has 1 amide bonds. The van der Waals surface area contributed by atoms with Crippen molar-refractivity contribution in [2.75, 3.05) is 13.1 Å². The van der Waals surface area contributed by atoms with Crippen LogP contribution >= 0.6 is 0 Å². The maximum absolute atomic E-state index is 11.7. The van der Waals surface area contributed by atoms with Gasteiger partial charge in [-0.05, 0) is 25.1 Å². The van der Waals surface area contributed by atoms with Gasteiger partial charge in [-0.2, -0.15) is 0 Å². The highest BCUT2D eigenvalue weighted by atomic mass is 16.1. The van der Waals surface area contributed by atoms with Crippen molar-refractivity contribution in [3.05, 3.63) is 30.2 Å². The zero-order valence-electron chi connectivity index (χ0n) is 12.7. The number of rotatable bonds is 8. The topological polar surface area (TPSA) is 71.3 Å². The average Bonchev–Trinajstić information content (AvgIpc) is 2.87. The summed E-state index contributed by atoms with van der Waals surface area (Å²) in [7, 11) is 0. The summed E-state index contributed by atoms with van der Waals surface area (Å²) in [6.45, 7) is 5.66. The highest BCUT2D eigenvalue weighted by Crippen LogP contribution is 2.02. The van der Waals surface area contributed by atoms with Crippen LogP contribution in [0.2, 0.25) is 0 Å². The zero-order valence-corrected chi connectivity index (χ0v) is 12.7. The van der Waals surface area contributed by atoms with Crippen molar-refractivity contribution >= 4 is 11.6 Å². The summed E-state index contributed by atoms with van der Waals surface area (Å²) >= 11 is 0. The molecule has 2 aromatic rings. The predicted molar refractivity (Wildman–Crippen MR) is 82.1 cm³/mol. The number of hydrogen-bond acceptors (Lipinski definition) is 4. The van der Waals surface area contributed by atoms with Gasteiger partial charge in [-0.25, -0.2) is 0 Å². The van der Waals surface area contributed by atoms with Crippen LogP contribution in [-0.4, -0.2) is 39.6 Å². The van der Waals surface area contributed by atoms with E-state index >= 15 is 0 Å². The van der Waals surface area contributed by atoms with Gasteiger partial charge in [-0.15, -0.1) is 10.2 Å². The van der Waals surface area contributed by atoms with Gasteiger partial charge in [-0.3, -0.25) is 9.20 Å². The van der Waals surface area contributed by atoms with Crippen molar-refractivity contribution in [1.82, 2.24) is 25.2 Å². The van der Waals surface area contributed by atoms with E-state index in [1.165, 1.54) is 0 Å². The van der Waals surface area contributed by atoms with E-state index in [-0.39, 0.29) is 5.91 Å². The smallest absolute Gasteiger partial charge is 0.220 e. The Kier molecular flexibility index (Phi) is 5.68. The average molecular weight is 289 g/mol. The number of aromatic nitrogens is 3. The molecule has 0 aliphatic rings. The number of nitrogens with zero attached hydrogens (tertiary/aromatic N) is 3. The summed E-state index contributed by atoms with van der Waals surface area (Å²) in [6.07, 6.45) is 4.03. The molecule has 2 aromatic heterocycles. The van der Waals surface area contributed by atoms with Crippen LogP contribution in [0, 0.1) is 0 Å². The summed E-state index contributed by atoms with van der Waals surface area (Å²) in [5.74, 6) is 0.960. The minimum atomic E-state index is 0.0920. The molecule has 114 valence electrons. The molecule has 6 heteroatoms. The lowest BCUT2D eigenvalue weighted by Gasteiger charge is -2.08. The fourth-order valence-corrected chi connectivity index (χ4v) is 2.10. The Hall–Kier alpha value is -1.95. The van der Waals surface area contributed by atoms with E-state index in [0.29, 0.717) is 25.4 Å². The second-order valence-electron chi connectivity index (χ2n) is 5.36. The molecule has 0 radical (unpaired) electrons. The molecule has 0 aromatic carbocycles. The van der Waals surface area contributed by atoms with Crippen LogP contribution in [0.15, 0.2) is 24.4 Å². The lowest BCUT2D eigenvalue weighted by Crippen LogP contribution is -2.28. The Morgan fingerprint density at radius 1 is 1.29 bits per heavy atom. The molecule has 2 rings (SSSR count). The fourth-order valence-electron chi connectivity index (χ4n) is 2.10. The lowest BCUT2D eigenvalue weighted by molar-refractivity contribution is -0.121. The van der Waals surface area contributed by atoms with E-state index in [2.05, 4.69) is 34.7 Å². The number of fused-ring (bicyclic) bond motifs is 1. The van der Waals surface area contributed by atoms with E-state index in [0.717, 1.165) is 24.4 Å². The van der Waals surface area contributed by atoms with Gasteiger partial charge in [0.05, 0.1) is 0 Å². The lowest BCUT2D eigenvalue weighted by atomic mass is 10.2. The Morgan fingerprint density at radius 3 is 2.95 bits per heavy atom. The maximum atomic E-state index is 11.7. The van der Waals surface area contributed by atoms with Gasteiger partial charge in [0.25, 0.3) is 0 Å². The van der Waals surface area contributed by atoms with Gasteiger partial charge in [0.15, 0.2) is 5.65 Å². The van der Waals surface area contributed by atoms with Crippen molar-refractivity contribution in [3.63, 3.8) is 0 Å². The zero-order chi connectivity index (χ0) is 15.1. The molecule has 2 N–H and O–H groups in total. The number of carbonyl (C=O) groups is 1. The minimum absolute atomic E-state index is 0.0920. The third-order valence-electron chi connectivity index (χ3n) is 3.19. The van der Waals surface area contributed by atoms with Crippen molar-refractivity contribution in [2.24, 2.45) is 0 Å². The maximum Gasteiger partial charge on any atom is 0.220 e. The second-order valence-corrected chi connectivity index (χ2v) is 5.36. The Balaban J connectivity index is 1.68. The predicted octanol–water partition coefficient (Wildman–Crippen LogP) is 1.17. The van der Waals surface area contributed by atoms with E-state index in [1.54, 1.807) is 0 Å². The summed E-state index contributed by atoms with van der Waals surface area (Å²) in [5.41, 5.74) is 0.832. The normalized spacial score (nSPS) is 11.2. The van der Waals surface area contributed by atoms with Crippen molar-refractivity contribution in [3.8, 4) is 0 Å². The van der Waals surface area contributed by atoms with E-state index in [1.807, 2.05) is 28.8 Å². The highest BCUT2D eigenvalue weighted by molar-refractivity contribution is 5.75. The van der Waals surface area contributed by atoms with Gasteiger partial charge < -0.3 is 10.6 Å². The molecule has 0 aliphatic heterocycles. The molecule has 0 saturated heterocycles. The first-order chi connectivity index (χ1) is 10.2. The quantitative estimate of drug-likeness (QED) is 0.716. The third-order valence-corrected chi connectivity index (χ3v) is 3.19. The summed E-state index contributed by atoms with van der Waals surface area (Å²) < 4.78 is 1.94. The van der Waals surface area contributed by atoms with E-state index in [4.69, 9.17) is 0 Å². The summed E-state index contributed by atoms with van der Waals surface area (Å²) in [5, 5.41) is 14.4. The number of amides is 1. The SMILES string of the molecule is CC(C)NCCCC(=O)NCCc1nnc2ccccn12. The minimum Gasteiger partial charge on any atom is -0.356 e. The number of carbonyl (C=O) groups excluding carboxylic acids is 1. The number of nitrogens with one attached hydrogen (secondary N) is 2. The van der Waals surface area contributed by atoms with Gasteiger partial charge in [0.1, 0.15) is 5.82 Å². The summed E-state index contributed by atoms with van der Waals surface area (Å²) in [6, 6.07) is 6.26.